The fourth-order valence-electron chi connectivity index (χ4n) is 1.92. The van der Waals surface area contributed by atoms with E-state index in [1.807, 2.05) is 10.2 Å². The standard InChI is InChI=1S/C13H20N4S/c1-9(2)14-5-13-10(3)16-17(11(13)4)6-12-7-18-8-15-12/h7-9,14H,5-6H2,1-4H3. The predicted octanol–water partition coefficient (Wildman–Crippen LogP) is 2.50. The molecule has 0 fully saturated rings. The Bertz CT molecular complexity index is 499. The molecule has 0 unspecified atom stereocenters. The zero-order chi connectivity index (χ0) is 13.1. The lowest BCUT2D eigenvalue weighted by Gasteiger charge is -2.08. The molecule has 5 heteroatoms. The van der Waals surface area contributed by atoms with Gasteiger partial charge in [-0.2, -0.15) is 5.10 Å². The van der Waals surface area contributed by atoms with Crippen LogP contribution in [-0.4, -0.2) is 20.8 Å². The molecular weight excluding hydrogens is 244 g/mol. The molecule has 0 bridgehead atoms. The number of hydrogen-bond donors (Lipinski definition) is 1. The Hall–Kier alpha value is -1.20. The van der Waals surface area contributed by atoms with Crippen molar-refractivity contribution in [2.24, 2.45) is 0 Å². The third kappa shape index (κ3) is 2.97. The minimum absolute atomic E-state index is 0.491. The lowest BCUT2D eigenvalue weighted by Crippen LogP contribution is -2.22. The Balaban J connectivity index is 2.15. The molecule has 1 N–H and O–H groups in total. The third-order valence-corrected chi connectivity index (χ3v) is 3.65. The summed E-state index contributed by atoms with van der Waals surface area (Å²) in [6.07, 6.45) is 0. The molecule has 0 aliphatic heterocycles. The molecule has 98 valence electrons. The number of thiazole rings is 1. The first-order chi connectivity index (χ1) is 8.58. The maximum Gasteiger partial charge on any atom is 0.0843 e. The van der Waals surface area contributed by atoms with Gasteiger partial charge in [0.2, 0.25) is 0 Å². The topological polar surface area (TPSA) is 42.7 Å². The van der Waals surface area contributed by atoms with E-state index < -0.39 is 0 Å². The van der Waals surface area contributed by atoms with Crippen molar-refractivity contribution >= 4 is 11.3 Å². The first-order valence-corrected chi connectivity index (χ1v) is 7.15. The summed E-state index contributed by atoms with van der Waals surface area (Å²) in [5, 5.41) is 10.1. The smallest absolute Gasteiger partial charge is 0.0843 e. The summed E-state index contributed by atoms with van der Waals surface area (Å²) < 4.78 is 2.04. The van der Waals surface area contributed by atoms with Gasteiger partial charge in [-0.25, -0.2) is 4.98 Å². The van der Waals surface area contributed by atoms with E-state index in [0.717, 1.165) is 24.5 Å². The molecule has 0 saturated heterocycles. The first kappa shape index (κ1) is 13.2. The van der Waals surface area contributed by atoms with Gasteiger partial charge < -0.3 is 5.32 Å². The van der Waals surface area contributed by atoms with Crippen molar-refractivity contribution in [3.63, 3.8) is 0 Å². The second-order valence-electron chi connectivity index (χ2n) is 4.82. The van der Waals surface area contributed by atoms with Gasteiger partial charge >= 0.3 is 0 Å². The van der Waals surface area contributed by atoms with Crippen molar-refractivity contribution < 1.29 is 0 Å². The van der Waals surface area contributed by atoms with Crippen molar-refractivity contribution in [1.29, 1.82) is 0 Å². The Kier molecular flexibility index (Phi) is 4.14. The van der Waals surface area contributed by atoms with Crippen LogP contribution in [0.4, 0.5) is 0 Å². The lowest BCUT2D eigenvalue weighted by atomic mass is 10.2. The minimum Gasteiger partial charge on any atom is -0.310 e. The van der Waals surface area contributed by atoms with Crippen LogP contribution in [0.5, 0.6) is 0 Å². The average Bonchev–Trinajstić information content (AvgIpc) is 2.88. The van der Waals surface area contributed by atoms with Crippen LogP contribution in [0, 0.1) is 13.8 Å². The molecule has 0 amide bonds. The Labute approximate surface area is 112 Å². The summed E-state index contributed by atoms with van der Waals surface area (Å²) >= 11 is 1.63. The summed E-state index contributed by atoms with van der Waals surface area (Å²) in [7, 11) is 0. The van der Waals surface area contributed by atoms with Crippen LogP contribution in [0.15, 0.2) is 10.9 Å². The van der Waals surface area contributed by atoms with E-state index in [0.29, 0.717) is 6.04 Å². The fraction of sp³-hybridized carbons (Fsp3) is 0.538. The van der Waals surface area contributed by atoms with Gasteiger partial charge in [-0.05, 0) is 13.8 Å². The number of rotatable bonds is 5. The molecule has 2 aromatic rings. The Morgan fingerprint density at radius 2 is 2.17 bits per heavy atom. The van der Waals surface area contributed by atoms with E-state index in [-0.39, 0.29) is 0 Å². The molecular formula is C13H20N4S. The lowest BCUT2D eigenvalue weighted by molar-refractivity contribution is 0.584. The molecule has 18 heavy (non-hydrogen) atoms. The highest BCUT2D eigenvalue weighted by Gasteiger charge is 2.12. The molecule has 0 aromatic carbocycles. The zero-order valence-electron chi connectivity index (χ0n) is 11.4. The van der Waals surface area contributed by atoms with Gasteiger partial charge in [-0.15, -0.1) is 11.3 Å². The van der Waals surface area contributed by atoms with Crippen molar-refractivity contribution in [3.8, 4) is 0 Å². The Morgan fingerprint density at radius 3 is 2.78 bits per heavy atom. The predicted molar refractivity (Wildman–Crippen MR) is 74.9 cm³/mol. The van der Waals surface area contributed by atoms with Crippen LogP contribution in [0.25, 0.3) is 0 Å². The summed E-state index contributed by atoms with van der Waals surface area (Å²) in [4.78, 5) is 4.31. The maximum atomic E-state index is 4.60. The molecule has 0 aliphatic carbocycles. The van der Waals surface area contributed by atoms with Crippen molar-refractivity contribution in [2.75, 3.05) is 0 Å². The number of hydrogen-bond acceptors (Lipinski definition) is 4. The second-order valence-corrected chi connectivity index (χ2v) is 5.54. The van der Waals surface area contributed by atoms with Crippen LogP contribution >= 0.6 is 11.3 Å². The van der Waals surface area contributed by atoms with E-state index in [4.69, 9.17) is 0 Å². The first-order valence-electron chi connectivity index (χ1n) is 6.21. The number of nitrogens with one attached hydrogen (secondary N) is 1. The van der Waals surface area contributed by atoms with Crippen LogP contribution < -0.4 is 5.32 Å². The molecule has 4 nitrogen and oxygen atoms in total. The van der Waals surface area contributed by atoms with Crippen LogP contribution in [-0.2, 0) is 13.1 Å². The molecule has 0 atom stereocenters. The number of nitrogens with zero attached hydrogens (tertiary/aromatic N) is 3. The molecule has 2 heterocycles. The van der Waals surface area contributed by atoms with E-state index in [2.05, 4.69) is 48.5 Å². The largest absolute Gasteiger partial charge is 0.310 e. The van der Waals surface area contributed by atoms with Gasteiger partial charge in [0, 0.05) is 29.2 Å². The van der Waals surface area contributed by atoms with E-state index in [1.54, 1.807) is 11.3 Å². The fourth-order valence-corrected chi connectivity index (χ4v) is 2.47. The summed E-state index contributed by atoms with van der Waals surface area (Å²) in [5.74, 6) is 0. The highest BCUT2D eigenvalue weighted by Crippen LogP contribution is 2.14. The van der Waals surface area contributed by atoms with Crippen molar-refractivity contribution in [3.05, 3.63) is 33.5 Å². The van der Waals surface area contributed by atoms with Gasteiger partial charge in [0.05, 0.1) is 23.4 Å². The molecule has 2 aromatic heterocycles. The molecule has 0 radical (unpaired) electrons. The molecule has 0 aliphatic rings. The van der Waals surface area contributed by atoms with Gasteiger partial charge in [-0.1, -0.05) is 13.8 Å². The monoisotopic (exact) mass is 264 g/mol. The minimum atomic E-state index is 0.491. The highest BCUT2D eigenvalue weighted by atomic mass is 32.1. The molecule has 0 spiro atoms. The normalized spacial score (nSPS) is 11.4. The van der Waals surface area contributed by atoms with Gasteiger partial charge in [0.15, 0.2) is 0 Å². The summed E-state index contributed by atoms with van der Waals surface area (Å²) in [6.45, 7) is 10.2. The van der Waals surface area contributed by atoms with E-state index in [9.17, 15) is 0 Å². The summed E-state index contributed by atoms with van der Waals surface area (Å²) in [5.41, 5.74) is 6.58. The second kappa shape index (κ2) is 5.63. The third-order valence-electron chi connectivity index (χ3n) is 3.01. The van der Waals surface area contributed by atoms with Crippen LogP contribution in [0.3, 0.4) is 0 Å². The summed E-state index contributed by atoms with van der Waals surface area (Å²) in [6, 6.07) is 0.491. The average molecular weight is 264 g/mol. The van der Waals surface area contributed by atoms with Gasteiger partial charge in [-0.3, -0.25) is 4.68 Å². The van der Waals surface area contributed by atoms with Crippen LogP contribution in [0.2, 0.25) is 0 Å². The van der Waals surface area contributed by atoms with Gasteiger partial charge in [0.25, 0.3) is 0 Å². The zero-order valence-corrected chi connectivity index (χ0v) is 12.2. The van der Waals surface area contributed by atoms with Crippen LogP contribution in [0.1, 0.15) is 36.5 Å². The quantitative estimate of drug-likeness (QED) is 0.902. The molecule has 0 saturated carbocycles. The number of aryl methyl sites for hydroxylation is 1. The van der Waals surface area contributed by atoms with E-state index in [1.165, 1.54) is 11.3 Å². The molecule has 2 rings (SSSR count). The van der Waals surface area contributed by atoms with Crippen molar-refractivity contribution in [2.45, 2.75) is 46.8 Å². The van der Waals surface area contributed by atoms with Crippen molar-refractivity contribution in [1.82, 2.24) is 20.1 Å². The maximum absolute atomic E-state index is 4.60. The SMILES string of the molecule is Cc1nn(Cc2cscn2)c(C)c1CNC(C)C. The van der Waals surface area contributed by atoms with E-state index >= 15 is 0 Å². The van der Waals surface area contributed by atoms with Gasteiger partial charge in [0.1, 0.15) is 0 Å². The highest BCUT2D eigenvalue weighted by molar-refractivity contribution is 7.07. The number of aromatic nitrogens is 3. The Morgan fingerprint density at radius 1 is 1.39 bits per heavy atom.